The number of aromatic nitrogens is 4. The van der Waals surface area contributed by atoms with E-state index < -0.39 is 24.3 Å². The molecule has 2 aromatic heterocycles. The highest BCUT2D eigenvalue weighted by Gasteiger charge is 2.39. The van der Waals surface area contributed by atoms with E-state index in [1.54, 1.807) is 34.3 Å². The Kier molecular flexibility index (Phi) is 13.8. The number of nitrogens with zero attached hydrogens (tertiary/aromatic N) is 4. The van der Waals surface area contributed by atoms with Crippen LogP contribution in [0.25, 0.3) is 16.2 Å². The number of carbonyl (C=O) groups excluding carboxylic acids is 4. The van der Waals surface area contributed by atoms with Gasteiger partial charge in [-0.25, -0.2) is 19.6 Å². The number of allylic oxidation sites excluding steroid dienone is 3. The minimum atomic E-state index is -0.701. The lowest BCUT2D eigenvalue weighted by Gasteiger charge is -2.30. The summed E-state index contributed by atoms with van der Waals surface area (Å²) in [6.07, 6.45) is 10.8. The van der Waals surface area contributed by atoms with Crippen LogP contribution in [0.15, 0.2) is 54.9 Å². The fraction of sp³-hybridized carbons (Fsp3) is 0.450. The van der Waals surface area contributed by atoms with Crippen molar-refractivity contribution in [3.8, 4) is 23.1 Å². The molecular weight excluding hydrogens is 721 g/mol. The molecule has 0 saturated carbocycles. The topological polar surface area (TPSA) is 175 Å². The van der Waals surface area contributed by atoms with Crippen molar-refractivity contribution < 1.29 is 28.7 Å². The second-order valence-corrected chi connectivity index (χ2v) is 14.7. The van der Waals surface area contributed by atoms with E-state index in [0.717, 1.165) is 42.5 Å². The summed E-state index contributed by atoms with van der Waals surface area (Å²) in [6, 6.07) is 5.97. The number of benzene rings is 1. The molecule has 15 heteroatoms. The first-order valence-corrected chi connectivity index (χ1v) is 18.9. The summed E-state index contributed by atoms with van der Waals surface area (Å²) in [5.41, 5.74) is 3.32. The van der Waals surface area contributed by atoms with Crippen molar-refractivity contribution in [3.05, 3.63) is 77.8 Å². The highest BCUT2D eigenvalue weighted by Crippen LogP contribution is 2.34. The van der Waals surface area contributed by atoms with Crippen molar-refractivity contribution in [2.75, 3.05) is 27.3 Å². The molecule has 3 aromatic rings. The normalized spacial score (nSPS) is 18.3. The van der Waals surface area contributed by atoms with Gasteiger partial charge in [0.2, 0.25) is 11.8 Å². The molecule has 2 fully saturated rings. The van der Waals surface area contributed by atoms with Crippen LogP contribution >= 0.6 is 12.6 Å². The van der Waals surface area contributed by atoms with Crippen LogP contribution in [0.2, 0.25) is 0 Å². The molecule has 0 radical (unpaired) electrons. The highest BCUT2D eigenvalue weighted by molar-refractivity contribution is 7.90. The van der Waals surface area contributed by atoms with Gasteiger partial charge < -0.3 is 39.9 Å². The number of nitrogens with one attached hydrogen (secondary N) is 4. The maximum atomic E-state index is 13.5. The summed E-state index contributed by atoms with van der Waals surface area (Å²) in [5, 5.41) is 5.35. The van der Waals surface area contributed by atoms with E-state index in [-0.39, 0.29) is 35.7 Å². The molecule has 4 heterocycles. The first kappa shape index (κ1) is 40.7. The number of hydrogen-bond acceptors (Lipinski definition) is 9. The monoisotopic (exact) mass is 770 g/mol. The molecule has 2 aliphatic heterocycles. The van der Waals surface area contributed by atoms with E-state index >= 15 is 0 Å². The van der Waals surface area contributed by atoms with Gasteiger partial charge in [-0.3, -0.25) is 9.59 Å². The van der Waals surface area contributed by atoms with E-state index in [1.165, 1.54) is 14.2 Å². The largest absolute Gasteiger partial charge is 0.453 e. The Balaban J connectivity index is 1.17. The number of likely N-dealkylation sites (tertiary alicyclic amines) is 2. The zero-order valence-corrected chi connectivity index (χ0v) is 33.0. The Bertz CT molecular complexity index is 1960. The maximum Gasteiger partial charge on any atom is 0.407 e. The van der Waals surface area contributed by atoms with Crippen LogP contribution in [0.5, 0.6) is 0 Å². The van der Waals surface area contributed by atoms with Gasteiger partial charge in [-0.15, -0.1) is 12.6 Å². The predicted molar refractivity (Wildman–Crippen MR) is 211 cm³/mol. The molecule has 1 unspecified atom stereocenters. The number of H-pyrrole nitrogens is 2. The molecule has 4 N–H and O–H groups in total. The number of imidazole rings is 2. The number of alkyl carbamates (subject to hydrolysis) is 2. The third-order valence-electron chi connectivity index (χ3n) is 9.80. The van der Waals surface area contributed by atoms with Gasteiger partial charge in [0, 0.05) is 23.6 Å². The number of aromatic amines is 2. The second-order valence-electron chi connectivity index (χ2n) is 14.2. The number of rotatable bonds is 11. The lowest BCUT2D eigenvalue weighted by molar-refractivity contribution is -0.136. The van der Waals surface area contributed by atoms with Crippen LogP contribution in [0.1, 0.15) is 88.4 Å². The van der Waals surface area contributed by atoms with Crippen molar-refractivity contribution >= 4 is 41.5 Å². The number of ether oxygens (including phenoxy) is 2. The number of hydrogen-bond donors (Lipinski definition) is 5. The van der Waals surface area contributed by atoms with Crippen LogP contribution in [-0.4, -0.2) is 93.1 Å². The minimum Gasteiger partial charge on any atom is -0.453 e. The van der Waals surface area contributed by atoms with Crippen LogP contribution in [0.4, 0.5) is 9.59 Å². The molecule has 4 atom stereocenters. The first-order chi connectivity index (χ1) is 26.4. The van der Waals surface area contributed by atoms with Crippen LogP contribution in [-0.2, 0) is 19.1 Å². The van der Waals surface area contributed by atoms with Crippen molar-refractivity contribution in [2.45, 2.75) is 77.5 Å². The number of amides is 4. The SMILES string of the molecule is COC(=O)NC(C(=O)N1CCC[C@H]1c1ncc(/C(S)=C/C=C/C#Cc2ccc(-c3cnc([C@@H]4CCCN4C(=O)[C@@H](NC(=O)OC)C(C)C)[nH]3)cc2)[nH]1)C(C)C. The molecule has 0 aliphatic carbocycles. The van der Waals surface area contributed by atoms with Gasteiger partial charge in [0.15, 0.2) is 0 Å². The van der Waals surface area contributed by atoms with Gasteiger partial charge in [0.05, 0.1) is 50.1 Å². The standard InChI is InChI=1S/C40H50N8O6S/c1-24(2)33(45-39(51)53-5)37(49)47-20-10-13-30(47)35-41-22-28(43-35)27-18-16-26(17-19-27)12-8-7-9-15-32(55)29-23-42-36(44-29)31-14-11-21-48(31)38(50)34(25(3)4)46-40(52)54-6/h7,9,15-19,22-25,30-31,33-34,55H,10-11,13-14,20-21H2,1-6H3,(H,41,43)(H,42,44)(H,45,51)(H,46,52)/b9-7+,32-15-/t30-,31-,33-,34?/m0/s1. The molecule has 2 saturated heterocycles. The quantitative estimate of drug-likeness (QED) is 0.0929. The Labute approximate surface area is 327 Å². The lowest BCUT2D eigenvalue weighted by Crippen LogP contribution is -2.51. The van der Waals surface area contributed by atoms with Gasteiger partial charge >= 0.3 is 12.2 Å². The minimum absolute atomic E-state index is 0.108. The molecule has 2 aliphatic rings. The average molecular weight is 771 g/mol. The van der Waals surface area contributed by atoms with E-state index in [9.17, 15) is 19.2 Å². The summed E-state index contributed by atoms with van der Waals surface area (Å²) in [5.74, 6) is 7.03. The molecule has 292 valence electrons. The smallest absolute Gasteiger partial charge is 0.407 e. The molecule has 0 spiro atoms. The van der Waals surface area contributed by atoms with Gasteiger partial charge in [-0.05, 0) is 67.4 Å². The van der Waals surface area contributed by atoms with E-state index in [4.69, 9.17) is 9.47 Å². The number of methoxy groups -OCH3 is 2. The summed E-state index contributed by atoms with van der Waals surface area (Å²) in [4.78, 5) is 70.8. The third kappa shape index (κ3) is 9.99. The molecule has 1 aromatic carbocycles. The van der Waals surface area contributed by atoms with Crippen LogP contribution in [0.3, 0.4) is 0 Å². The average Bonchev–Trinajstić information content (AvgIpc) is 4.01. The van der Waals surface area contributed by atoms with Gasteiger partial charge in [0.25, 0.3) is 0 Å². The van der Waals surface area contributed by atoms with Gasteiger partial charge in [-0.2, -0.15) is 0 Å². The van der Waals surface area contributed by atoms with Gasteiger partial charge in [-0.1, -0.05) is 57.7 Å². The van der Waals surface area contributed by atoms with Gasteiger partial charge in [0.1, 0.15) is 23.7 Å². The lowest BCUT2D eigenvalue weighted by atomic mass is 10.0. The summed E-state index contributed by atoms with van der Waals surface area (Å²) < 4.78 is 9.46. The molecule has 0 bridgehead atoms. The van der Waals surface area contributed by atoms with Crippen molar-refractivity contribution in [1.82, 2.24) is 40.4 Å². The second kappa shape index (κ2) is 18.7. The van der Waals surface area contributed by atoms with Crippen LogP contribution in [0, 0.1) is 23.7 Å². The molecule has 4 amide bonds. The maximum absolute atomic E-state index is 13.5. The predicted octanol–water partition coefficient (Wildman–Crippen LogP) is 5.77. The van der Waals surface area contributed by atoms with E-state index in [1.807, 2.05) is 58.0 Å². The van der Waals surface area contributed by atoms with Crippen molar-refractivity contribution in [1.29, 1.82) is 0 Å². The Hall–Kier alpha value is -5.49. The Morgan fingerprint density at radius 3 is 1.89 bits per heavy atom. The summed E-state index contributed by atoms with van der Waals surface area (Å²) in [6.45, 7) is 8.71. The Morgan fingerprint density at radius 2 is 1.36 bits per heavy atom. The zero-order chi connectivity index (χ0) is 39.6. The van der Waals surface area contributed by atoms with Crippen molar-refractivity contribution in [3.63, 3.8) is 0 Å². The molecule has 55 heavy (non-hydrogen) atoms. The number of thiol groups is 1. The summed E-state index contributed by atoms with van der Waals surface area (Å²) >= 11 is 4.64. The van der Waals surface area contributed by atoms with E-state index in [0.29, 0.717) is 35.3 Å². The van der Waals surface area contributed by atoms with Crippen molar-refractivity contribution in [2.24, 2.45) is 11.8 Å². The third-order valence-corrected chi connectivity index (χ3v) is 10.2. The molecule has 14 nitrogen and oxygen atoms in total. The van der Waals surface area contributed by atoms with Crippen LogP contribution < -0.4 is 10.6 Å². The fourth-order valence-electron chi connectivity index (χ4n) is 6.81. The molecular formula is C40H50N8O6S. The highest BCUT2D eigenvalue weighted by atomic mass is 32.1. The molecule has 5 rings (SSSR count). The van der Waals surface area contributed by atoms with E-state index in [2.05, 4.69) is 55.0 Å². The zero-order valence-electron chi connectivity index (χ0n) is 32.1. The Morgan fingerprint density at radius 1 is 0.836 bits per heavy atom. The first-order valence-electron chi connectivity index (χ1n) is 18.5. The fourth-order valence-corrected chi connectivity index (χ4v) is 7.01. The number of carbonyl (C=O) groups is 4. The summed E-state index contributed by atoms with van der Waals surface area (Å²) in [7, 11) is 2.56.